The van der Waals surface area contributed by atoms with Crippen LogP contribution in [0.25, 0.3) is 21.5 Å². The molecule has 4 rings (SSSR count). The number of nitrogens with one attached hydrogen (secondary N) is 1. The molecule has 0 aromatic heterocycles. The van der Waals surface area contributed by atoms with Crippen molar-refractivity contribution in [1.82, 2.24) is 0 Å². The summed E-state index contributed by atoms with van der Waals surface area (Å²) in [6.07, 6.45) is 0. The highest BCUT2D eigenvalue weighted by Crippen LogP contribution is 2.48. The summed E-state index contributed by atoms with van der Waals surface area (Å²) >= 11 is 0. The molecule has 9 nitrogen and oxygen atoms in total. The Morgan fingerprint density at radius 3 is 2.62 bits per heavy atom. The van der Waals surface area contributed by atoms with E-state index in [1.54, 1.807) is 0 Å². The normalized spacial score (nSPS) is 14.0. The Morgan fingerprint density at radius 2 is 1.96 bits per heavy atom. The van der Waals surface area contributed by atoms with Crippen molar-refractivity contribution in [2.75, 3.05) is 13.9 Å². The van der Waals surface area contributed by atoms with Crippen LogP contribution in [0.3, 0.4) is 0 Å². The van der Waals surface area contributed by atoms with Gasteiger partial charge >= 0.3 is 5.97 Å². The minimum Gasteiger partial charge on any atom is -0.595 e. The standard InChI is InChI=1S/C17H13NO8/c1-24-12-3-7(19)2-9-8(12)4-11(18(22)23)14-10(17(20)21)5-13-16(15(9)14)26-6-25-13/h2-5,18-19,22H,6H2,1H3,(H,20,21). The fraction of sp³-hybridized carbons (Fsp3) is 0.118. The van der Waals surface area contributed by atoms with Gasteiger partial charge in [-0.1, -0.05) is 0 Å². The SMILES string of the molecule is COc1cc(O)cc2c1cc([NH+]([O-])O)c1c(C(=O)O)cc3c(c12)OCO3. The number of quaternary nitrogens is 1. The molecular formula is C17H13NO8. The summed E-state index contributed by atoms with van der Waals surface area (Å²) < 4.78 is 16.0. The molecule has 1 aliphatic heterocycles. The molecule has 0 fully saturated rings. The molecule has 0 amide bonds. The molecule has 0 saturated carbocycles. The van der Waals surface area contributed by atoms with Gasteiger partial charge in [-0.15, -0.1) is 0 Å². The molecular weight excluding hydrogens is 346 g/mol. The van der Waals surface area contributed by atoms with E-state index in [0.29, 0.717) is 10.8 Å². The highest BCUT2D eigenvalue weighted by molar-refractivity contribution is 6.22. The zero-order valence-electron chi connectivity index (χ0n) is 13.4. The number of phenols is 1. The first kappa shape index (κ1) is 16.2. The molecule has 26 heavy (non-hydrogen) atoms. The number of aromatic hydroxyl groups is 1. The second-order valence-corrected chi connectivity index (χ2v) is 5.69. The molecule has 1 atom stereocenters. The average Bonchev–Trinajstić information content (AvgIpc) is 3.07. The molecule has 9 heteroatoms. The molecule has 134 valence electrons. The van der Waals surface area contributed by atoms with Crippen molar-refractivity contribution < 1.29 is 39.7 Å². The first-order valence-electron chi connectivity index (χ1n) is 7.49. The average molecular weight is 359 g/mol. The summed E-state index contributed by atoms with van der Waals surface area (Å²) in [5.74, 6) is -0.751. The van der Waals surface area contributed by atoms with Crippen molar-refractivity contribution in [3.05, 3.63) is 35.0 Å². The summed E-state index contributed by atoms with van der Waals surface area (Å²) in [6.45, 7) is -0.123. The van der Waals surface area contributed by atoms with Crippen molar-refractivity contribution in [3.63, 3.8) is 0 Å². The lowest BCUT2D eigenvalue weighted by Gasteiger charge is -2.19. The van der Waals surface area contributed by atoms with Gasteiger partial charge in [0.2, 0.25) is 6.79 Å². The summed E-state index contributed by atoms with van der Waals surface area (Å²) in [5.41, 5.74) is -0.446. The number of aromatic carboxylic acids is 1. The number of carboxylic acids is 1. The predicted octanol–water partition coefficient (Wildman–Crippen LogP) is 1.54. The second-order valence-electron chi connectivity index (χ2n) is 5.69. The first-order valence-corrected chi connectivity index (χ1v) is 7.49. The quantitative estimate of drug-likeness (QED) is 0.409. The molecule has 1 heterocycles. The maximum atomic E-state index is 11.8. The van der Waals surface area contributed by atoms with Crippen LogP contribution in [0.5, 0.6) is 23.0 Å². The predicted molar refractivity (Wildman–Crippen MR) is 88.5 cm³/mol. The molecule has 0 aliphatic carbocycles. The topological polar surface area (TPSA) is 133 Å². The summed E-state index contributed by atoms with van der Waals surface area (Å²) in [7, 11) is 1.39. The number of hydrogen-bond acceptors (Lipinski definition) is 7. The van der Waals surface area contributed by atoms with E-state index in [4.69, 9.17) is 14.2 Å². The Labute approximate surface area is 145 Å². The Hall–Kier alpha value is -3.27. The van der Waals surface area contributed by atoms with Crippen LogP contribution in [0.4, 0.5) is 5.69 Å². The zero-order valence-corrected chi connectivity index (χ0v) is 13.4. The molecule has 1 unspecified atom stereocenters. The maximum Gasteiger partial charge on any atom is 0.336 e. The molecule has 4 N–H and O–H groups in total. The number of ether oxygens (including phenoxy) is 3. The largest absolute Gasteiger partial charge is 0.595 e. The number of carboxylic acid groups (broad SMARTS) is 1. The molecule has 3 aromatic rings. The van der Waals surface area contributed by atoms with Crippen LogP contribution in [0.2, 0.25) is 0 Å². The minimum absolute atomic E-state index is 0.00518. The first-order chi connectivity index (χ1) is 12.4. The third-order valence-electron chi connectivity index (χ3n) is 4.30. The van der Waals surface area contributed by atoms with E-state index in [1.807, 2.05) is 0 Å². The van der Waals surface area contributed by atoms with Gasteiger partial charge in [0, 0.05) is 28.3 Å². The van der Waals surface area contributed by atoms with Crippen molar-refractivity contribution in [2.45, 2.75) is 0 Å². The minimum atomic E-state index is -1.30. The van der Waals surface area contributed by atoms with Gasteiger partial charge in [-0.3, -0.25) is 0 Å². The van der Waals surface area contributed by atoms with Crippen LogP contribution in [0.1, 0.15) is 10.4 Å². The van der Waals surface area contributed by atoms with Crippen LogP contribution in [-0.4, -0.2) is 35.3 Å². The van der Waals surface area contributed by atoms with E-state index in [0.717, 1.165) is 0 Å². The van der Waals surface area contributed by atoms with E-state index in [1.165, 1.54) is 31.4 Å². The molecule has 1 aliphatic rings. The van der Waals surface area contributed by atoms with E-state index in [-0.39, 0.29) is 51.8 Å². The lowest BCUT2D eigenvalue weighted by molar-refractivity contribution is -0.990. The summed E-state index contributed by atoms with van der Waals surface area (Å²) in [6, 6.07) is 5.32. The summed E-state index contributed by atoms with van der Waals surface area (Å²) in [4.78, 5) is 11.8. The van der Waals surface area contributed by atoms with Crippen molar-refractivity contribution in [2.24, 2.45) is 0 Å². The van der Waals surface area contributed by atoms with E-state index in [9.17, 15) is 25.4 Å². The van der Waals surface area contributed by atoms with Crippen LogP contribution in [-0.2, 0) is 0 Å². The lowest BCUT2D eigenvalue weighted by Crippen LogP contribution is -2.99. The van der Waals surface area contributed by atoms with Gasteiger partial charge in [0.05, 0.1) is 18.1 Å². The van der Waals surface area contributed by atoms with E-state index in [2.05, 4.69) is 0 Å². The third-order valence-corrected chi connectivity index (χ3v) is 4.30. The van der Waals surface area contributed by atoms with Crippen LogP contribution >= 0.6 is 0 Å². The monoisotopic (exact) mass is 359 g/mol. The van der Waals surface area contributed by atoms with Gasteiger partial charge in [0.1, 0.15) is 11.5 Å². The molecule has 0 radical (unpaired) electrons. The van der Waals surface area contributed by atoms with Crippen LogP contribution < -0.4 is 19.4 Å². The van der Waals surface area contributed by atoms with Gasteiger partial charge in [-0.2, -0.15) is 5.23 Å². The highest BCUT2D eigenvalue weighted by Gasteiger charge is 2.29. The Kier molecular flexibility index (Phi) is 3.51. The van der Waals surface area contributed by atoms with Crippen molar-refractivity contribution in [3.8, 4) is 23.0 Å². The fourth-order valence-corrected chi connectivity index (χ4v) is 3.27. The van der Waals surface area contributed by atoms with Gasteiger partial charge in [0.25, 0.3) is 0 Å². The number of phenolic OH excluding ortho intramolecular Hbond substituents is 1. The molecule has 0 saturated heterocycles. The third kappa shape index (κ3) is 2.19. The molecule has 3 aromatic carbocycles. The maximum absolute atomic E-state index is 11.8. The van der Waals surface area contributed by atoms with Gasteiger partial charge in [-0.25, -0.2) is 10.0 Å². The number of hydrogen-bond donors (Lipinski definition) is 4. The van der Waals surface area contributed by atoms with Gasteiger partial charge in [0.15, 0.2) is 17.2 Å². The van der Waals surface area contributed by atoms with Gasteiger partial charge < -0.3 is 29.6 Å². The number of benzene rings is 3. The number of rotatable bonds is 3. The molecule has 0 spiro atoms. The Bertz CT molecular complexity index is 1080. The van der Waals surface area contributed by atoms with Crippen molar-refractivity contribution in [1.29, 1.82) is 0 Å². The summed E-state index contributed by atoms with van der Waals surface area (Å²) in [5, 5.41) is 40.8. The number of carbonyl (C=O) groups is 1. The molecule has 0 bridgehead atoms. The van der Waals surface area contributed by atoms with E-state index >= 15 is 0 Å². The van der Waals surface area contributed by atoms with Crippen LogP contribution in [0, 0.1) is 5.21 Å². The Balaban J connectivity index is 2.33. The number of fused-ring (bicyclic) bond motifs is 5. The van der Waals surface area contributed by atoms with Gasteiger partial charge in [-0.05, 0) is 12.1 Å². The zero-order chi connectivity index (χ0) is 18.6. The van der Waals surface area contributed by atoms with Crippen LogP contribution in [0.15, 0.2) is 24.3 Å². The smallest absolute Gasteiger partial charge is 0.336 e. The van der Waals surface area contributed by atoms with Crippen molar-refractivity contribution >= 4 is 33.2 Å². The second kappa shape index (κ2) is 5.63. The lowest BCUT2D eigenvalue weighted by atomic mass is 9.94. The highest BCUT2D eigenvalue weighted by atomic mass is 16.8. The Morgan fingerprint density at radius 1 is 1.19 bits per heavy atom. The number of methoxy groups -OCH3 is 1. The van der Waals surface area contributed by atoms with E-state index < -0.39 is 11.2 Å². The fourth-order valence-electron chi connectivity index (χ4n) is 3.27.